The lowest BCUT2D eigenvalue weighted by molar-refractivity contribution is -0.124. The number of amides is 2. The molecule has 0 aromatic carbocycles. The first-order valence-corrected chi connectivity index (χ1v) is 31.5. The van der Waals surface area contributed by atoms with E-state index in [1.54, 1.807) is 22.7 Å². The minimum absolute atomic E-state index is 0.0703. The zero-order valence-corrected chi connectivity index (χ0v) is 46.5. The summed E-state index contributed by atoms with van der Waals surface area (Å²) in [6.45, 7) is 10.6. The second kappa shape index (κ2) is 37.6. The molecule has 68 heavy (non-hydrogen) atoms. The fourth-order valence-electron chi connectivity index (χ4n) is 11.2. The Kier molecular flexibility index (Phi) is 32.3. The van der Waals surface area contributed by atoms with Crippen molar-refractivity contribution in [2.75, 3.05) is 13.1 Å². The van der Waals surface area contributed by atoms with Crippen LogP contribution in [0.15, 0.2) is 46.2 Å². The van der Waals surface area contributed by atoms with E-state index in [9.17, 15) is 0 Å². The number of carbonyl (C=O) groups is 2. The number of carbonyl (C=O) groups excluding carboxylic acids is 2. The zero-order valence-electron chi connectivity index (χ0n) is 44.8. The van der Waals surface area contributed by atoms with Gasteiger partial charge in [-0.15, -0.1) is 22.7 Å². The van der Waals surface area contributed by atoms with Crippen molar-refractivity contribution in [3.63, 3.8) is 0 Å². The summed E-state index contributed by atoms with van der Waals surface area (Å²) >= 11 is 3.38. The first-order chi connectivity index (χ1) is 33.5. The van der Waals surface area contributed by atoms with Gasteiger partial charge in [0.2, 0.25) is 0 Å². The molecule has 2 aromatic heterocycles. The summed E-state index contributed by atoms with van der Waals surface area (Å²) < 4.78 is 0. The Morgan fingerprint density at radius 1 is 0.353 bits per heavy atom. The van der Waals surface area contributed by atoms with E-state index in [1.807, 2.05) is 0 Å². The lowest BCUT2D eigenvalue weighted by Crippen LogP contribution is -2.34. The van der Waals surface area contributed by atoms with Crippen LogP contribution in [0.25, 0.3) is 11.4 Å². The summed E-state index contributed by atoms with van der Waals surface area (Å²) in [7, 11) is 0. The maximum absolute atomic E-state index is 15.3. The van der Waals surface area contributed by atoms with Crippen molar-refractivity contribution in [1.82, 2.24) is 9.80 Å². The van der Waals surface area contributed by atoms with E-state index < -0.39 is 0 Å². The van der Waals surface area contributed by atoms with Crippen molar-refractivity contribution in [3.05, 3.63) is 55.9 Å². The molecule has 4 nitrogen and oxygen atoms in total. The molecule has 2 atom stereocenters. The number of hydrogen-bond acceptors (Lipinski definition) is 4. The Morgan fingerprint density at radius 2 is 0.588 bits per heavy atom. The Labute approximate surface area is 428 Å². The Bertz CT molecular complexity index is 1500. The summed E-state index contributed by atoms with van der Waals surface area (Å²) in [4.78, 5) is 37.0. The van der Waals surface area contributed by atoms with Crippen molar-refractivity contribution in [1.29, 1.82) is 0 Å². The van der Waals surface area contributed by atoms with Crippen LogP contribution in [-0.4, -0.2) is 34.7 Å². The monoisotopic (exact) mass is 973 g/mol. The van der Waals surface area contributed by atoms with Gasteiger partial charge in [0.1, 0.15) is 0 Å². The molecule has 4 heterocycles. The predicted octanol–water partition coefficient (Wildman–Crippen LogP) is 20.5. The third kappa shape index (κ3) is 21.7. The van der Waals surface area contributed by atoms with Gasteiger partial charge in [-0.05, 0) is 60.4 Å². The van der Waals surface area contributed by atoms with E-state index in [4.69, 9.17) is 0 Å². The number of thiophene rings is 2. The molecule has 4 rings (SSSR count). The van der Waals surface area contributed by atoms with Gasteiger partial charge in [-0.1, -0.05) is 271 Å². The number of unbranched alkanes of at least 4 members (excludes halogenated alkanes) is 32. The van der Waals surface area contributed by atoms with Crippen LogP contribution in [0.1, 0.15) is 294 Å². The van der Waals surface area contributed by atoms with Crippen molar-refractivity contribution in [2.45, 2.75) is 285 Å². The van der Waals surface area contributed by atoms with Crippen LogP contribution in [0.3, 0.4) is 0 Å². The average Bonchev–Trinajstić information content (AvgIpc) is 4.17. The van der Waals surface area contributed by atoms with Gasteiger partial charge in [0.15, 0.2) is 0 Å². The van der Waals surface area contributed by atoms with Crippen LogP contribution < -0.4 is 0 Å². The molecule has 0 radical (unpaired) electrons. The molecule has 6 heteroatoms. The molecule has 0 bridgehead atoms. The van der Waals surface area contributed by atoms with Gasteiger partial charge in [-0.3, -0.25) is 9.59 Å². The molecule has 0 saturated heterocycles. The third-order valence-corrected chi connectivity index (χ3v) is 17.2. The molecule has 2 amide bonds. The van der Waals surface area contributed by atoms with E-state index in [1.165, 1.54) is 257 Å². The van der Waals surface area contributed by atoms with Crippen LogP contribution in [0, 0.1) is 11.8 Å². The second-order valence-electron chi connectivity index (χ2n) is 21.4. The highest BCUT2D eigenvalue weighted by molar-refractivity contribution is 7.11. The number of fused-ring (bicyclic) bond motifs is 1. The lowest BCUT2D eigenvalue weighted by atomic mass is 9.93. The summed E-state index contributed by atoms with van der Waals surface area (Å²) in [6.07, 6.45) is 52.7. The molecule has 0 N–H and O–H groups in total. The van der Waals surface area contributed by atoms with Gasteiger partial charge in [-0.2, -0.15) is 0 Å². The molecule has 0 fully saturated rings. The molecule has 386 valence electrons. The zero-order chi connectivity index (χ0) is 48.3. The van der Waals surface area contributed by atoms with E-state index in [0.29, 0.717) is 23.0 Å². The van der Waals surface area contributed by atoms with E-state index in [-0.39, 0.29) is 11.8 Å². The molecule has 0 saturated carbocycles. The normalized spacial score (nSPS) is 14.9. The maximum atomic E-state index is 15.3. The minimum atomic E-state index is 0.0703. The van der Waals surface area contributed by atoms with Crippen molar-refractivity contribution < 1.29 is 9.59 Å². The number of nitrogens with zero attached hydrogens (tertiary/aromatic N) is 2. The highest BCUT2D eigenvalue weighted by Gasteiger charge is 2.50. The van der Waals surface area contributed by atoms with Gasteiger partial charge in [-0.25, -0.2) is 0 Å². The van der Waals surface area contributed by atoms with Crippen LogP contribution in [0.4, 0.5) is 0 Å². The quantitative estimate of drug-likeness (QED) is 0.0620. The highest BCUT2D eigenvalue weighted by atomic mass is 32.1. The van der Waals surface area contributed by atoms with Gasteiger partial charge in [0, 0.05) is 13.1 Å². The number of hydrogen-bond donors (Lipinski definition) is 0. The Hall–Kier alpha value is -2.18. The third-order valence-electron chi connectivity index (χ3n) is 15.4. The molecular weight excluding hydrogens is 869 g/mol. The van der Waals surface area contributed by atoms with Gasteiger partial charge >= 0.3 is 0 Å². The molecule has 2 unspecified atom stereocenters. The predicted molar refractivity (Wildman–Crippen MR) is 300 cm³/mol. The Balaban J connectivity index is 1.51. The van der Waals surface area contributed by atoms with Crippen LogP contribution in [0.2, 0.25) is 0 Å². The number of rotatable bonds is 46. The SMILES string of the molecule is CCCCCCCCCCCCC(CCCCCCCCCC)CN1C(=O)C2=C(c3cccs3)N(CC(CCCCCCCCCC)CCCCCCCCCCCC)C(=O)C2=C1c1cccs1. The van der Waals surface area contributed by atoms with E-state index >= 15 is 9.59 Å². The maximum Gasteiger partial charge on any atom is 0.261 e. The fraction of sp³-hybridized carbons (Fsp3) is 0.774. The lowest BCUT2D eigenvalue weighted by Gasteiger charge is -2.29. The van der Waals surface area contributed by atoms with E-state index in [2.05, 4.69) is 72.5 Å². The smallest absolute Gasteiger partial charge is 0.261 e. The van der Waals surface area contributed by atoms with Crippen molar-refractivity contribution >= 4 is 45.9 Å². The summed E-state index contributed by atoms with van der Waals surface area (Å²) in [5.74, 6) is 1.02. The fourth-order valence-corrected chi connectivity index (χ4v) is 12.8. The first kappa shape index (κ1) is 58.4. The van der Waals surface area contributed by atoms with Gasteiger partial charge < -0.3 is 9.80 Å². The minimum Gasteiger partial charge on any atom is -0.306 e. The molecule has 2 aliphatic rings. The van der Waals surface area contributed by atoms with Crippen LogP contribution >= 0.6 is 22.7 Å². The van der Waals surface area contributed by atoms with Gasteiger partial charge in [0.05, 0.1) is 32.3 Å². The first-order valence-electron chi connectivity index (χ1n) is 29.8. The summed E-state index contributed by atoms with van der Waals surface area (Å²) in [6, 6.07) is 8.51. The summed E-state index contributed by atoms with van der Waals surface area (Å²) in [5, 5.41) is 4.25. The van der Waals surface area contributed by atoms with Crippen LogP contribution in [-0.2, 0) is 9.59 Å². The average molecular weight is 974 g/mol. The van der Waals surface area contributed by atoms with Crippen LogP contribution in [0.5, 0.6) is 0 Å². The second-order valence-corrected chi connectivity index (χ2v) is 23.3. The van der Waals surface area contributed by atoms with Gasteiger partial charge in [0.25, 0.3) is 11.8 Å². The summed E-state index contributed by atoms with van der Waals surface area (Å²) in [5.41, 5.74) is 3.19. The van der Waals surface area contributed by atoms with Crippen molar-refractivity contribution in [3.8, 4) is 0 Å². The standard InChI is InChI=1S/C62H104N2O2S2/c1-5-9-13-17-21-25-27-31-35-39-45-53(43-37-33-29-23-19-15-11-7-3)51-63-59(55-47-41-49-67-55)57-58(61(63)65)60(56-48-42-50-68-56)64(62(57)66)52-54(44-38-34-30-24-20-16-12-8-4)46-40-36-32-28-26-22-18-14-10-6-2/h41-42,47-50,53-54H,5-40,43-46,51-52H2,1-4H3. The topological polar surface area (TPSA) is 40.6 Å². The largest absolute Gasteiger partial charge is 0.306 e. The molecule has 2 aromatic rings. The Morgan fingerprint density at radius 3 is 0.809 bits per heavy atom. The molecule has 0 aliphatic carbocycles. The van der Waals surface area contributed by atoms with Crippen molar-refractivity contribution in [2.24, 2.45) is 11.8 Å². The molecular formula is C62H104N2O2S2. The van der Waals surface area contributed by atoms with E-state index in [0.717, 1.165) is 34.2 Å². The molecule has 0 spiro atoms. The molecule has 2 aliphatic heterocycles. The highest BCUT2D eigenvalue weighted by Crippen LogP contribution is 2.49.